The van der Waals surface area contributed by atoms with Crippen LogP contribution >= 0.6 is 11.6 Å². The molecule has 1 heterocycles. The minimum Gasteiger partial charge on any atom is -0.341 e. The highest BCUT2D eigenvalue weighted by Crippen LogP contribution is 2.25. The lowest BCUT2D eigenvalue weighted by atomic mass is 10.00. The van der Waals surface area contributed by atoms with Crippen LogP contribution < -0.4 is 4.31 Å². The van der Waals surface area contributed by atoms with Crippen LogP contribution in [0.3, 0.4) is 0 Å². The Morgan fingerprint density at radius 3 is 2.48 bits per heavy atom. The van der Waals surface area contributed by atoms with Crippen LogP contribution in [0.5, 0.6) is 0 Å². The molecule has 0 saturated carbocycles. The van der Waals surface area contributed by atoms with Crippen molar-refractivity contribution in [3.8, 4) is 0 Å². The molecule has 7 heteroatoms. The molecule has 0 radical (unpaired) electrons. The molecule has 2 atom stereocenters. The van der Waals surface area contributed by atoms with Crippen LogP contribution in [-0.4, -0.2) is 44.6 Å². The number of carbonyl (C=O) groups excluding carboxylic acids is 1. The van der Waals surface area contributed by atoms with Crippen molar-refractivity contribution in [1.82, 2.24) is 4.90 Å². The molecule has 1 saturated heterocycles. The molecule has 0 spiro atoms. The number of nitrogens with zero attached hydrogens (tertiary/aromatic N) is 2. The summed E-state index contributed by atoms with van der Waals surface area (Å²) in [4.78, 5) is 14.5. The summed E-state index contributed by atoms with van der Waals surface area (Å²) in [5.74, 6) is 0.291. The fraction of sp³-hybridized carbons (Fsp3) is 0.562. The Hall–Kier alpha value is -1.27. The number of anilines is 1. The first-order valence-electron chi connectivity index (χ1n) is 7.74. The molecule has 0 aliphatic carbocycles. The third-order valence-electron chi connectivity index (χ3n) is 4.12. The van der Waals surface area contributed by atoms with Gasteiger partial charge in [-0.2, -0.15) is 0 Å². The van der Waals surface area contributed by atoms with E-state index in [-0.39, 0.29) is 5.91 Å². The van der Waals surface area contributed by atoms with Gasteiger partial charge in [0.1, 0.15) is 6.04 Å². The maximum atomic E-state index is 12.8. The van der Waals surface area contributed by atoms with E-state index >= 15 is 0 Å². The fourth-order valence-electron chi connectivity index (χ4n) is 3.04. The van der Waals surface area contributed by atoms with Gasteiger partial charge in [-0.3, -0.25) is 9.10 Å². The van der Waals surface area contributed by atoms with E-state index in [2.05, 4.69) is 6.92 Å². The number of likely N-dealkylation sites (tertiary alicyclic amines) is 1. The van der Waals surface area contributed by atoms with Crippen molar-refractivity contribution in [2.45, 2.75) is 32.7 Å². The first-order chi connectivity index (χ1) is 10.7. The smallest absolute Gasteiger partial charge is 0.246 e. The highest BCUT2D eigenvalue weighted by atomic mass is 35.5. The molecule has 2 rings (SSSR count). The number of amides is 1. The summed E-state index contributed by atoms with van der Waals surface area (Å²) >= 11 is 5.87. The molecule has 1 aliphatic heterocycles. The molecule has 5 nitrogen and oxygen atoms in total. The van der Waals surface area contributed by atoms with Crippen molar-refractivity contribution in [2.24, 2.45) is 5.92 Å². The molecular formula is C16H23ClN2O3S. The molecule has 1 fully saturated rings. The van der Waals surface area contributed by atoms with Crippen LogP contribution in [-0.2, 0) is 14.8 Å². The number of sulfonamides is 1. The monoisotopic (exact) mass is 358 g/mol. The minimum absolute atomic E-state index is 0.156. The van der Waals surface area contributed by atoms with E-state index in [0.717, 1.165) is 19.1 Å². The first kappa shape index (κ1) is 18.1. The number of hydrogen-bond donors (Lipinski definition) is 0. The van der Waals surface area contributed by atoms with Gasteiger partial charge in [-0.25, -0.2) is 8.42 Å². The Bertz CT molecular complexity index is 660. The summed E-state index contributed by atoms with van der Waals surface area (Å²) in [7, 11) is -3.58. The van der Waals surface area contributed by atoms with Crippen LogP contribution in [0.15, 0.2) is 24.3 Å². The number of hydrogen-bond acceptors (Lipinski definition) is 3. The van der Waals surface area contributed by atoms with Gasteiger partial charge >= 0.3 is 0 Å². The van der Waals surface area contributed by atoms with Gasteiger partial charge in [-0.05, 0) is 49.9 Å². The normalized spacial score (nSPS) is 20.2. The van der Waals surface area contributed by atoms with Crippen molar-refractivity contribution >= 4 is 33.2 Å². The topological polar surface area (TPSA) is 57.7 Å². The molecule has 0 aromatic heterocycles. The van der Waals surface area contributed by atoms with Crippen LogP contribution in [0.1, 0.15) is 26.7 Å². The maximum Gasteiger partial charge on any atom is 0.246 e. The second-order valence-corrected chi connectivity index (χ2v) is 8.54. The van der Waals surface area contributed by atoms with E-state index in [0.29, 0.717) is 29.7 Å². The number of halogens is 1. The van der Waals surface area contributed by atoms with E-state index in [4.69, 9.17) is 11.6 Å². The third-order valence-corrected chi connectivity index (χ3v) is 5.61. The zero-order valence-corrected chi connectivity index (χ0v) is 15.3. The van der Waals surface area contributed by atoms with E-state index in [1.54, 1.807) is 36.1 Å². The van der Waals surface area contributed by atoms with Crippen LogP contribution in [0.4, 0.5) is 5.69 Å². The van der Waals surface area contributed by atoms with E-state index in [1.807, 2.05) is 0 Å². The molecule has 2 unspecified atom stereocenters. The lowest BCUT2D eigenvalue weighted by Gasteiger charge is -2.36. The van der Waals surface area contributed by atoms with E-state index in [1.165, 1.54) is 4.31 Å². The highest BCUT2D eigenvalue weighted by molar-refractivity contribution is 7.92. The second-order valence-electron chi connectivity index (χ2n) is 6.24. The molecule has 1 aromatic rings. The standard InChI is InChI=1S/C16H23ClN2O3S/c1-12-5-4-10-18(11-12)16(20)13(2)19(23(3,21)22)15-8-6-14(17)7-9-15/h6-9,12-13H,4-5,10-11H2,1-3H3. The zero-order chi connectivity index (χ0) is 17.2. The maximum absolute atomic E-state index is 12.8. The fourth-order valence-corrected chi connectivity index (χ4v) is 4.34. The Kier molecular flexibility index (Phi) is 5.57. The van der Waals surface area contributed by atoms with Crippen molar-refractivity contribution in [3.05, 3.63) is 29.3 Å². The van der Waals surface area contributed by atoms with Gasteiger partial charge in [0.15, 0.2) is 0 Å². The Morgan fingerprint density at radius 2 is 1.96 bits per heavy atom. The van der Waals surface area contributed by atoms with Crippen molar-refractivity contribution in [2.75, 3.05) is 23.7 Å². The summed E-state index contributed by atoms with van der Waals surface area (Å²) in [5, 5.41) is 0.519. The number of carbonyl (C=O) groups is 1. The predicted octanol–water partition coefficient (Wildman–Crippen LogP) is 2.75. The Morgan fingerprint density at radius 1 is 1.35 bits per heavy atom. The van der Waals surface area contributed by atoms with Gasteiger partial charge in [0, 0.05) is 18.1 Å². The van der Waals surface area contributed by atoms with Gasteiger partial charge < -0.3 is 4.90 Å². The average Bonchev–Trinajstić information content (AvgIpc) is 2.47. The molecule has 1 aliphatic rings. The van der Waals surface area contributed by atoms with Gasteiger partial charge in [0.25, 0.3) is 0 Å². The molecule has 1 aromatic carbocycles. The first-order valence-corrected chi connectivity index (χ1v) is 9.96. The van der Waals surface area contributed by atoms with Crippen LogP contribution in [0.25, 0.3) is 0 Å². The Labute approximate surface area is 143 Å². The van der Waals surface area contributed by atoms with Gasteiger partial charge in [-0.15, -0.1) is 0 Å². The van der Waals surface area contributed by atoms with Gasteiger partial charge in [0.05, 0.1) is 11.9 Å². The predicted molar refractivity (Wildman–Crippen MR) is 93.2 cm³/mol. The SMILES string of the molecule is CC1CCCN(C(=O)C(C)N(c2ccc(Cl)cc2)S(C)(=O)=O)C1. The minimum atomic E-state index is -3.58. The highest BCUT2D eigenvalue weighted by Gasteiger charge is 2.33. The number of benzene rings is 1. The average molecular weight is 359 g/mol. The zero-order valence-electron chi connectivity index (χ0n) is 13.7. The molecule has 0 N–H and O–H groups in total. The van der Waals surface area contributed by atoms with Crippen LogP contribution in [0.2, 0.25) is 5.02 Å². The summed E-state index contributed by atoms with van der Waals surface area (Å²) in [6.45, 7) is 5.11. The summed E-state index contributed by atoms with van der Waals surface area (Å²) in [6.07, 6.45) is 3.18. The Balaban J connectivity index is 2.28. The van der Waals surface area contributed by atoms with Crippen molar-refractivity contribution in [3.63, 3.8) is 0 Å². The summed E-state index contributed by atoms with van der Waals surface area (Å²) in [5.41, 5.74) is 0.447. The van der Waals surface area contributed by atoms with Gasteiger partial charge in [-0.1, -0.05) is 18.5 Å². The number of rotatable bonds is 4. The lowest BCUT2D eigenvalue weighted by molar-refractivity contribution is -0.133. The summed E-state index contributed by atoms with van der Waals surface area (Å²) in [6, 6.07) is 5.69. The molecule has 23 heavy (non-hydrogen) atoms. The van der Waals surface area contributed by atoms with Gasteiger partial charge in [0.2, 0.25) is 15.9 Å². The quantitative estimate of drug-likeness (QED) is 0.831. The van der Waals surface area contributed by atoms with E-state index in [9.17, 15) is 13.2 Å². The van der Waals surface area contributed by atoms with Crippen molar-refractivity contribution < 1.29 is 13.2 Å². The second kappa shape index (κ2) is 7.09. The largest absolute Gasteiger partial charge is 0.341 e. The molecule has 0 bridgehead atoms. The van der Waals surface area contributed by atoms with Crippen molar-refractivity contribution in [1.29, 1.82) is 0 Å². The molecular weight excluding hydrogens is 336 g/mol. The third kappa shape index (κ3) is 4.38. The lowest BCUT2D eigenvalue weighted by Crippen LogP contribution is -2.51. The summed E-state index contributed by atoms with van der Waals surface area (Å²) < 4.78 is 25.6. The molecule has 1 amide bonds. The van der Waals surface area contributed by atoms with Crippen LogP contribution in [0, 0.1) is 5.92 Å². The van der Waals surface area contributed by atoms with E-state index < -0.39 is 16.1 Å². The number of piperidine rings is 1. The molecule has 128 valence electrons.